The number of benzene rings is 3. The van der Waals surface area contributed by atoms with Crippen LogP contribution in [0, 0.1) is 30.3 Å². The smallest absolute Gasteiger partial charge is 0.313 e. The van der Waals surface area contributed by atoms with Gasteiger partial charge in [0.05, 0.1) is 143 Å². The number of fused-ring (bicyclic) bond motifs is 2. The quantitative estimate of drug-likeness (QED) is 0.0251. The van der Waals surface area contributed by atoms with E-state index < -0.39 is 29.2 Å². The van der Waals surface area contributed by atoms with Crippen molar-refractivity contribution in [2.75, 3.05) is 119 Å². The molecule has 2 unspecified atom stereocenters. The molecule has 3 atom stereocenters. The third-order valence-corrected chi connectivity index (χ3v) is 16.0. The van der Waals surface area contributed by atoms with Crippen LogP contribution >= 0.6 is 0 Å². The topological polar surface area (TPSA) is 223 Å². The molecule has 1 aliphatic carbocycles. The number of halogens is 3. The SMILES string of the molecule is Cc1nnc(C2CC(Oc3ccccc3)C2)n1C1CC2CCC(C1)N2CC[C@H](NC(=O)C1CN(C(=O)CCOCCOCCOCCOCc2cn(CCOCCOCCOCCOCCC(=O)Oc3c(F)cc(F)cc3F)nn2)C1)c1ccccc1. The van der Waals surface area contributed by atoms with Crippen molar-refractivity contribution in [2.45, 2.75) is 114 Å². The molecule has 4 aliphatic rings. The number of amides is 2. The molecule has 0 radical (unpaired) electrons. The molecule has 1 N–H and O–H groups in total. The maximum Gasteiger partial charge on any atom is 0.313 e. The molecule has 9 rings (SSSR count). The van der Waals surface area contributed by atoms with Crippen LogP contribution < -0.4 is 14.8 Å². The van der Waals surface area contributed by atoms with E-state index in [1.165, 1.54) is 12.8 Å². The summed E-state index contributed by atoms with van der Waals surface area (Å²) < 4.78 is 99.5. The summed E-state index contributed by atoms with van der Waals surface area (Å²) in [6, 6.07) is 22.3. The number of rotatable bonds is 40. The predicted octanol–water partition coefficient (Wildman–Crippen LogP) is 6.51. The zero-order valence-electron chi connectivity index (χ0n) is 49.6. The van der Waals surface area contributed by atoms with Crippen LogP contribution in [0.4, 0.5) is 13.2 Å². The lowest BCUT2D eigenvalue weighted by atomic mass is 9.81. The molecule has 5 heterocycles. The summed E-state index contributed by atoms with van der Waals surface area (Å²) in [6.45, 7) is 9.33. The van der Waals surface area contributed by atoms with E-state index in [2.05, 4.69) is 54.0 Å². The second-order valence-electron chi connectivity index (χ2n) is 22.2. The molecule has 3 saturated heterocycles. The van der Waals surface area contributed by atoms with E-state index in [0.29, 0.717) is 134 Å². The molecule has 1 saturated carbocycles. The first kappa shape index (κ1) is 65.0. The summed E-state index contributed by atoms with van der Waals surface area (Å²) in [5.41, 5.74) is 1.77. The predicted molar refractivity (Wildman–Crippen MR) is 308 cm³/mol. The molecule has 3 aromatic carbocycles. The van der Waals surface area contributed by atoms with Gasteiger partial charge >= 0.3 is 5.97 Å². The number of aromatic nitrogens is 6. The number of likely N-dealkylation sites (tertiary alicyclic amines) is 1. The summed E-state index contributed by atoms with van der Waals surface area (Å²) >= 11 is 0. The number of nitrogens with zero attached hydrogens (tertiary/aromatic N) is 8. The first-order chi connectivity index (χ1) is 42.5. The van der Waals surface area contributed by atoms with Crippen molar-refractivity contribution in [3.8, 4) is 11.5 Å². The first-order valence-electron chi connectivity index (χ1n) is 30.4. The van der Waals surface area contributed by atoms with Crippen LogP contribution in [0.5, 0.6) is 11.5 Å². The lowest BCUT2D eigenvalue weighted by molar-refractivity contribution is -0.144. The second kappa shape index (κ2) is 34.4. The molecule has 474 valence electrons. The van der Waals surface area contributed by atoms with E-state index in [1.807, 2.05) is 48.5 Å². The lowest BCUT2D eigenvalue weighted by Gasteiger charge is -2.42. The van der Waals surface area contributed by atoms with E-state index >= 15 is 0 Å². The number of para-hydroxylation sites is 1. The van der Waals surface area contributed by atoms with Gasteiger partial charge < -0.3 is 62.2 Å². The highest BCUT2D eigenvalue weighted by molar-refractivity contribution is 5.84. The third kappa shape index (κ3) is 20.0. The zero-order chi connectivity index (χ0) is 60.6. The van der Waals surface area contributed by atoms with Crippen molar-refractivity contribution < 1.29 is 74.9 Å². The van der Waals surface area contributed by atoms with Gasteiger partial charge in [-0.15, -0.1) is 15.3 Å². The fourth-order valence-electron chi connectivity index (χ4n) is 11.5. The van der Waals surface area contributed by atoms with E-state index in [0.717, 1.165) is 61.6 Å². The number of esters is 1. The van der Waals surface area contributed by atoms with E-state index in [-0.39, 0.29) is 75.8 Å². The van der Waals surface area contributed by atoms with Gasteiger partial charge in [0.15, 0.2) is 11.6 Å². The molecule has 22 nitrogen and oxygen atoms in total. The maximum absolute atomic E-state index is 13.7. The van der Waals surface area contributed by atoms with Crippen molar-refractivity contribution >= 4 is 17.8 Å². The minimum Gasteiger partial charge on any atom is -0.490 e. The van der Waals surface area contributed by atoms with Gasteiger partial charge in [0.25, 0.3) is 0 Å². The molecule has 4 fully saturated rings. The number of nitrogens with one attached hydrogen (secondary N) is 1. The molecular formula is C62H82F3N9O13. The highest BCUT2D eigenvalue weighted by Crippen LogP contribution is 2.45. The summed E-state index contributed by atoms with van der Waals surface area (Å²) in [5, 5.41) is 20.9. The standard InChI is InChI=1S/C62H82F3N9O13/c1-44-67-69-61(46-34-54(35-46)86-53-10-6-3-7-11-53)74(44)52-38-50-12-13-51(39-52)73(50)17-14-57(45-8-4-2-5-9-45)66-62(77)47-40-71(41-47)58(75)15-19-78-22-25-81-30-31-84-32-33-85-43-49-42-72(70-68-49)18-21-80-24-27-83-29-28-82-26-23-79-20-16-59(76)87-60-55(64)36-48(63)37-56(60)65/h2-11,36-37,42,46-47,50-52,54,57H,12-35,38-41,43H2,1H3,(H,66,77)/t46?,50?,51?,52?,54?,57-/m0/s1. The number of hydrogen-bond acceptors (Lipinski definition) is 18. The molecule has 25 heteroatoms. The van der Waals surface area contributed by atoms with Gasteiger partial charge in [-0.2, -0.15) is 0 Å². The number of carbonyl (C=O) groups excluding carboxylic acids is 3. The molecule has 0 spiro atoms. The molecule has 5 aromatic rings. The average molecular weight is 1220 g/mol. The Morgan fingerprint density at radius 3 is 1.82 bits per heavy atom. The van der Waals surface area contributed by atoms with Crippen molar-refractivity contribution in [3.63, 3.8) is 0 Å². The summed E-state index contributed by atoms with van der Waals surface area (Å²) in [6.07, 6.45) is 9.18. The fourth-order valence-corrected chi connectivity index (χ4v) is 11.5. The average Bonchev–Trinajstić information content (AvgIpc) is 2.05. The lowest BCUT2D eigenvalue weighted by Crippen LogP contribution is -2.56. The van der Waals surface area contributed by atoms with Gasteiger partial charge in [0, 0.05) is 55.8 Å². The van der Waals surface area contributed by atoms with E-state index in [4.69, 9.17) is 47.7 Å². The number of piperidine rings is 1. The fraction of sp³-hybridized carbons (Fsp3) is 0.597. The van der Waals surface area contributed by atoms with Crippen LogP contribution in [-0.2, 0) is 65.4 Å². The molecule has 87 heavy (non-hydrogen) atoms. The highest BCUT2D eigenvalue weighted by atomic mass is 19.1. The third-order valence-electron chi connectivity index (χ3n) is 16.0. The number of ether oxygens (including phenoxy) is 10. The van der Waals surface area contributed by atoms with Crippen molar-refractivity contribution in [1.82, 2.24) is 44.9 Å². The maximum atomic E-state index is 13.7. The second-order valence-corrected chi connectivity index (χ2v) is 22.2. The summed E-state index contributed by atoms with van der Waals surface area (Å²) in [7, 11) is 0. The van der Waals surface area contributed by atoms with Gasteiger partial charge in [-0.3, -0.25) is 19.3 Å². The van der Waals surface area contributed by atoms with E-state index in [9.17, 15) is 27.6 Å². The Hall–Kier alpha value is -6.42. The summed E-state index contributed by atoms with van der Waals surface area (Å²) in [5.74, 6) is -2.51. The molecule has 2 aromatic heterocycles. The Morgan fingerprint density at radius 2 is 1.20 bits per heavy atom. The largest absolute Gasteiger partial charge is 0.490 e. The van der Waals surface area contributed by atoms with Gasteiger partial charge in [0.2, 0.25) is 17.6 Å². The zero-order valence-corrected chi connectivity index (χ0v) is 49.6. The molecular weight excluding hydrogens is 1140 g/mol. The Labute approximate surface area is 505 Å². The monoisotopic (exact) mass is 1220 g/mol. The first-order valence-corrected chi connectivity index (χ1v) is 30.4. The van der Waals surface area contributed by atoms with Crippen LogP contribution in [0.25, 0.3) is 0 Å². The molecule has 2 bridgehead atoms. The van der Waals surface area contributed by atoms with Crippen LogP contribution in [0.3, 0.4) is 0 Å². The Kier molecular flexibility index (Phi) is 25.7. The van der Waals surface area contributed by atoms with E-state index in [1.54, 1.807) is 15.8 Å². The van der Waals surface area contributed by atoms with Gasteiger partial charge in [-0.05, 0) is 69.6 Å². The van der Waals surface area contributed by atoms with Crippen molar-refractivity contribution in [1.29, 1.82) is 0 Å². The van der Waals surface area contributed by atoms with Gasteiger partial charge in [-0.25, -0.2) is 17.9 Å². The normalized spacial score (nSPS) is 19.6. The van der Waals surface area contributed by atoms with Crippen molar-refractivity contribution in [3.05, 3.63) is 119 Å². The number of aryl methyl sites for hydroxylation is 1. The molecule has 3 aliphatic heterocycles. The molecule has 2 amide bonds. The highest BCUT2D eigenvalue weighted by Gasteiger charge is 2.44. The minimum atomic E-state index is -1.31. The van der Waals surface area contributed by atoms with Crippen molar-refractivity contribution in [2.24, 2.45) is 5.92 Å². The Balaban J connectivity index is 0.535. The Bertz CT molecular complexity index is 2850. The van der Waals surface area contributed by atoms with Gasteiger partial charge in [0.1, 0.15) is 35.0 Å². The van der Waals surface area contributed by atoms with Crippen LogP contribution in [0.15, 0.2) is 79.0 Å². The van der Waals surface area contributed by atoms with Crippen LogP contribution in [-0.4, -0.2) is 194 Å². The number of carbonyl (C=O) groups is 3. The minimum absolute atomic E-state index is 0.0102. The number of hydrogen-bond donors (Lipinski definition) is 1. The van der Waals surface area contributed by atoms with Crippen LogP contribution in [0.1, 0.15) is 98.7 Å². The van der Waals surface area contributed by atoms with Gasteiger partial charge in [-0.1, -0.05) is 53.7 Å². The Morgan fingerprint density at radius 1 is 0.632 bits per heavy atom. The van der Waals surface area contributed by atoms with Crippen LogP contribution in [0.2, 0.25) is 0 Å². The summed E-state index contributed by atoms with van der Waals surface area (Å²) in [4.78, 5) is 42.9.